The minimum atomic E-state index is -2.91. The summed E-state index contributed by atoms with van der Waals surface area (Å²) in [4.78, 5) is 12.5. The fourth-order valence-electron chi connectivity index (χ4n) is 2.31. The van der Waals surface area contributed by atoms with E-state index in [1.165, 1.54) is 0 Å². The van der Waals surface area contributed by atoms with Crippen LogP contribution in [-0.2, 0) is 16.4 Å². The predicted octanol–water partition coefficient (Wildman–Crippen LogP) is 1.08. The third kappa shape index (κ3) is 3.91. The maximum atomic E-state index is 11.5. The van der Waals surface area contributed by atoms with Crippen molar-refractivity contribution < 1.29 is 8.42 Å². The topological polar surface area (TPSA) is 96.9 Å². The highest BCUT2D eigenvalue weighted by atomic mass is 32.2. The Hall–Kier alpha value is -2.22. The Balaban J connectivity index is 1.60. The van der Waals surface area contributed by atoms with E-state index in [-0.39, 0.29) is 17.5 Å². The molecule has 1 saturated heterocycles. The quantitative estimate of drug-likeness (QED) is 0.851. The summed E-state index contributed by atoms with van der Waals surface area (Å²) >= 11 is 0. The van der Waals surface area contributed by atoms with Crippen molar-refractivity contribution >= 4 is 21.6 Å². The number of nitrogens with one attached hydrogen (secondary N) is 2. The predicted molar refractivity (Wildman–Crippen MR) is 84.3 cm³/mol. The first-order valence-electron chi connectivity index (χ1n) is 7.03. The molecule has 1 fully saturated rings. The molecule has 8 heteroatoms. The molecule has 0 aromatic carbocycles. The lowest BCUT2D eigenvalue weighted by Gasteiger charge is -2.12. The van der Waals surface area contributed by atoms with Gasteiger partial charge in [0.25, 0.3) is 0 Å². The first-order valence-corrected chi connectivity index (χ1v) is 8.86. The van der Waals surface area contributed by atoms with E-state index in [2.05, 4.69) is 25.6 Å². The zero-order valence-corrected chi connectivity index (χ0v) is 12.8. The molecular weight excluding hydrogens is 302 g/mol. The number of hydrogen-bond acceptors (Lipinski definition) is 7. The molecule has 2 aromatic heterocycles. The van der Waals surface area contributed by atoms with E-state index in [4.69, 9.17) is 0 Å². The van der Waals surface area contributed by atoms with Crippen molar-refractivity contribution in [2.45, 2.75) is 19.0 Å². The summed E-state index contributed by atoms with van der Waals surface area (Å²) in [5.41, 5.74) is 1.10. The van der Waals surface area contributed by atoms with Crippen LogP contribution >= 0.6 is 0 Å². The number of anilines is 2. The first-order chi connectivity index (χ1) is 10.6. The lowest BCUT2D eigenvalue weighted by Crippen LogP contribution is -2.22. The lowest BCUT2D eigenvalue weighted by atomic mass is 10.3. The molecule has 7 nitrogen and oxygen atoms in total. The van der Waals surface area contributed by atoms with Gasteiger partial charge in [-0.3, -0.25) is 4.98 Å². The summed E-state index contributed by atoms with van der Waals surface area (Å²) in [6, 6.07) is 5.52. The van der Waals surface area contributed by atoms with Gasteiger partial charge in [-0.25, -0.2) is 13.4 Å². The fraction of sp³-hybridized carbons (Fsp3) is 0.357. The van der Waals surface area contributed by atoms with Gasteiger partial charge in [0.2, 0.25) is 5.95 Å². The van der Waals surface area contributed by atoms with Crippen LogP contribution in [0.15, 0.2) is 36.8 Å². The maximum Gasteiger partial charge on any atom is 0.224 e. The number of nitrogens with zero attached hydrogens (tertiary/aromatic N) is 3. The molecule has 0 bridgehead atoms. The zero-order valence-electron chi connectivity index (χ0n) is 11.9. The van der Waals surface area contributed by atoms with E-state index in [1.807, 2.05) is 12.1 Å². The summed E-state index contributed by atoms with van der Waals surface area (Å²) in [5, 5.41) is 6.29. The third-order valence-corrected chi connectivity index (χ3v) is 5.21. The standard InChI is InChI=1S/C14H17N5O2S/c20-22(21)8-4-12(10-22)18-14-16-7-3-13(19-14)17-9-11-1-5-15-6-2-11/h1-3,5-7,12H,4,8-10H2,(H2,16,17,18,19). The second-order valence-corrected chi connectivity index (χ2v) is 7.45. The highest BCUT2D eigenvalue weighted by Gasteiger charge is 2.28. The molecule has 2 aromatic rings. The number of rotatable bonds is 5. The van der Waals surface area contributed by atoms with E-state index in [9.17, 15) is 8.42 Å². The van der Waals surface area contributed by atoms with Crippen molar-refractivity contribution in [1.82, 2.24) is 15.0 Å². The molecule has 1 atom stereocenters. The van der Waals surface area contributed by atoms with Crippen LogP contribution < -0.4 is 10.6 Å². The van der Waals surface area contributed by atoms with Gasteiger partial charge in [-0.05, 0) is 30.2 Å². The van der Waals surface area contributed by atoms with Crippen molar-refractivity contribution in [3.8, 4) is 0 Å². The number of hydrogen-bond donors (Lipinski definition) is 2. The van der Waals surface area contributed by atoms with Crippen LogP contribution in [0.1, 0.15) is 12.0 Å². The van der Waals surface area contributed by atoms with Crippen molar-refractivity contribution in [3.05, 3.63) is 42.4 Å². The Morgan fingerprint density at radius 2 is 2.00 bits per heavy atom. The Kier molecular flexibility index (Phi) is 4.19. The summed E-state index contributed by atoms with van der Waals surface area (Å²) < 4.78 is 22.9. The fourth-order valence-corrected chi connectivity index (χ4v) is 3.98. The number of pyridine rings is 1. The van der Waals surface area contributed by atoms with Crippen LogP contribution in [0.3, 0.4) is 0 Å². The van der Waals surface area contributed by atoms with Gasteiger partial charge in [-0.1, -0.05) is 0 Å². The van der Waals surface area contributed by atoms with E-state index >= 15 is 0 Å². The summed E-state index contributed by atoms with van der Waals surface area (Å²) in [5.74, 6) is 1.51. The molecule has 2 N–H and O–H groups in total. The highest BCUT2D eigenvalue weighted by Crippen LogP contribution is 2.16. The van der Waals surface area contributed by atoms with E-state index < -0.39 is 9.84 Å². The molecular formula is C14H17N5O2S. The van der Waals surface area contributed by atoms with Crippen LogP contribution in [-0.4, -0.2) is 40.9 Å². The average Bonchev–Trinajstić information content (AvgIpc) is 2.85. The Morgan fingerprint density at radius 3 is 2.73 bits per heavy atom. The third-order valence-electron chi connectivity index (χ3n) is 3.44. The molecule has 3 rings (SSSR count). The molecule has 3 heterocycles. The van der Waals surface area contributed by atoms with Crippen LogP contribution in [0.2, 0.25) is 0 Å². The van der Waals surface area contributed by atoms with E-state index in [0.717, 1.165) is 5.56 Å². The van der Waals surface area contributed by atoms with Crippen LogP contribution in [0.4, 0.5) is 11.8 Å². The molecule has 0 spiro atoms. The van der Waals surface area contributed by atoms with Crippen molar-refractivity contribution in [1.29, 1.82) is 0 Å². The molecule has 0 saturated carbocycles. The molecule has 1 unspecified atom stereocenters. The second-order valence-electron chi connectivity index (χ2n) is 5.22. The van der Waals surface area contributed by atoms with Crippen molar-refractivity contribution in [3.63, 3.8) is 0 Å². The van der Waals surface area contributed by atoms with Crippen LogP contribution in [0.5, 0.6) is 0 Å². The summed E-state index contributed by atoms with van der Waals surface area (Å²) in [6.45, 7) is 0.636. The summed E-state index contributed by atoms with van der Waals surface area (Å²) in [6.07, 6.45) is 5.73. The molecule has 116 valence electrons. The van der Waals surface area contributed by atoms with Gasteiger partial charge >= 0.3 is 0 Å². The molecule has 22 heavy (non-hydrogen) atoms. The minimum Gasteiger partial charge on any atom is -0.366 e. The lowest BCUT2D eigenvalue weighted by molar-refractivity contribution is 0.602. The van der Waals surface area contributed by atoms with E-state index in [1.54, 1.807) is 24.7 Å². The van der Waals surface area contributed by atoms with Crippen LogP contribution in [0, 0.1) is 0 Å². The minimum absolute atomic E-state index is 0.111. The Morgan fingerprint density at radius 1 is 1.18 bits per heavy atom. The van der Waals surface area contributed by atoms with Crippen molar-refractivity contribution in [2.75, 3.05) is 22.1 Å². The molecule has 0 amide bonds. The van der Waals surface area contributed by atoms with Gasteiger partial charge in [0.05, 0.1) is 11.5 Å². The molecule has 0 radical (unpaired) electrons. The van der Waals surface area contributed by atoms with Gasteiger partial charge in [0.1, 0.15) is 5.82 Å². The zero-order chi connectivity index (χ0) is 15.4. The number of sulfone groups is 1. The van der Waals surface area contributed by atoms with Gasteiger partial charge in [-0.2, -0.15) is 4.98 Å². The largest absolute Gasteiger partial charge is 0.366 e. The normalized spacial score (nSPS) is 19.7. The first kappa shape index (κ1) is 14.7. The van der Waals surface area contributed by atoms with Crippen LogP contribution in [0.25, 0.3) is 0 Å². The molecule has 1 aliphatic rings. The van der Waals surface area contributed by atoms with Gasteiger partial charge in [0, 0.05) is 31.2 Å². The summed E-state index contributed by atoms with van der Waals surface area (Å²) in [7, 11) is -2.91. The van der Waals surface area contributed by atoms with Gasteiger partial charge < -0.3 is 10.6 Å². The SMILES string of the molecule is O=S1(=O)CCC(Nc2nccc(NCc3ccncc3)n2)C1. The van der Waals surface area contributed by atoms with Gasteiger partial charge in [-0.15, -0.1) is 0 Å². The Labute approximate surface area is 129 Å². The Bertz CT molecular complexity index is 736. The smallest absolute Gasteiger partial charge is 0.224 e. The van der Waals surface area contributed by atoms with Gasteiger partial charge in [0.15, 0.2) is 9.84 Å². The monoisotopic (exact) mass is 319 g/mol. The average molecular weight is 319 g/mol. The van der Waals surface area contributed by atoms with Crippen molar-refractivity contribution in [2.24, 2.45) is 0 Å². The second kappa shape index (κ2) is 6.27. The molecule has 1 aliphatic heterocycles. The maximum absolute atomic E-state index is 11.5. The van der Waals surface area contributed by atoms with E-state index in [0.29, 0.717) is 24.7 Å². The highest BCUT2D eigenvalue weighted by molar-refractivity contribution is 7.91. The number of aromatic nitrogens is 3. The molecule has 0 aliphatic carbocycles.